The number of thiophene rings is 2. The van der Waals surface area contributed by atoms with Gasteiger partial charge in [0.15, 0.2) is 0 Å². The Labute approximate surface area is 345 Å². The molecular weight excluding hydrogens is 783 g/mol. The molecule has 0 aliphatic heterocycles. The highest BCUT2D eigenvalue weighted by Crippen LogP contribution is 2.46. The van der Waals surface area contributed by atoms with Crippen molar-refractivity contribution in [2.24, 2.45) is 5.41 Å². The van der Waals surface area contributed by atoms with Gasteiger partial charge in [0.1, 0.15) is 6.61 Å². The molecule has 0 saturated carbocycles. The molecular formula is C48H35NO2S5. The van der Waals surface area contributed by atoms with E-state index in [1.807, 2.05) is 40.9 Å². The minimum atomic E-state index is -0.583. The number of aliphatic hydroxyl groups is 1. The van der Waals surface area contributed by atoms with Gasteiger partial charge >= 0.3 is 0 Å². The minimum absolute atomic E-state index is 0.0278. The molecule has 3 aromatic heterocycles. The number of para-hydroxylation sites is 1. The van der Waals surface area contributed by atoms with E-state index in [1.165, 1.54) is 72.4 Å². The molecule has 0 bridgehead atoms. The molecule has 3 heterocycles. The highest BCUT2D eigenvalue weighted by molar-refractivity contribution is 8.00. The number of fused-ring (bicyclic) bond motifs is 7. The molecule has 0 aliphatic rings. The molecule has 0 saturated heterocycles. The van der Waals surface area contributed by atoms with Crippen LogP contribution in [0.3, 0.4) is 0 Å². The molecule has 0 spiro atoms. The first-order valence-corrected chi connectivity index (χ1v) is 22.9. The zero-order chi connectivity index (χ0) is 37.5. The van der Waals surface area contributed by atoms with Crippen molar-refractivity contribution in [1.29, 1.82) is 0 Å². The first kappa shape index (κ1) is 35.7. The van der Waals surface area contributed by atoms with E-state index in [0.29, 0.717) is 23.3 Å². The van der Waals surface area contributed by atoms with Crippen LogP contribution < -0.4 is 4.74 Å². The van der Waals surface area contributed by atoms with Gasteiger partial charge in [0.25, 0.3) is 5.19 Å². The molecule has 0 amide bonds. The van der Waals surface area contributed by atoms with E-state index in [-0.39, 0.29) is 6.61 Å². The summed E-state index contributed by atoms with van der Waals surface area (Å²) < 4.78 is 12.9. The molecule has 10 rings (SSSR count). The summed E-state index contributed by atoms with van der Waals surface area (Å²) in [7, 11) is 0. The molecule has 0 radical (unpaired) electrons. The lowest BCUT2D eigenvalue weighted by Gasteiger charge is -2.31. The van der Waals surface area contributed by atoms with Crippen LogP contribution in [0.25, 0.3) is 72.8 Å². The van der Waals surface area contributed by atoms with Crippen LogP contribution in [0.5, 0.6) is 5.19 Å². The Bertz CT molecular complexity index is 2820. The van der Waals surface area contributed by atoms with E-state index in [0.717, 1.165) is 10.2 Å². The van der Waals surface area contributed by atoms with E-state index >= 15 is 0 Å². The molecule has 274 valence electrons. The SMILES string of the molecule is OCC(COc1nc2ccccc2s1)(CSc1ccccc1-c1cccc2c1sc1ccccc12)CSc1ccccc1-c1cccc2c1sc1ccccc12. The van der Waals surface area contributed by atoms with Crippen molar-refractivity contribution >= 4 is 108 Å². The van der Waals surface area contributed by atoms with Gasteiger partial charge in [-0.3, -0.25) is 0 Å². The van der Waals surface area contributed by atoms with Gasteiger partial charge in [0.2, 0.25) is 0 Å². The molecule has 7 aromatic carbocycles. The van der Waals surface area contributed by atoms with Gasteiger partial charge in [0.05, 0.1) is 16.8 Å². The van der Waals surface area contributed by atoms with Crippen molar-refractivity contribution in [3.05, 3.63) is 158 Å². The van der Waals surface area contributed by atoms with Crippen LogP contribution in [0.15, 0.2) is 168 Å². The number of nitrogens with zero attached hydrogens (tertiary/aromatic N) is 1. The van der Waals surface area contributed by atoms with Crippen LogP contribution in [0.2, 0.25) is 0 Å². The maximum atomic E-state index is 11.4. The smallest absolute Gasteiger partial charge is 0.274 e. The molecule has 1 N–H and O–H groups in total. The summed E-state index contributed by atoms with van der Waals surface area (Å²) in [5, 5.41) is 17.3. The minimum Gasteiger partial charge on any atom is -0.469 e. The first-order valence-electron chi connectivity index (χ1n) is 18.5. The van der Waals surface area contributed by atoms with E-state index in [4.69, 9.17) is 9.72 Å². The second kappa shape index (κ2) is 15.3. The largest absolute Gasteiger partial charge is 0.469 e. The monoisotopic (exact) mass is 817 g/mol. The summed E-state index contributed by atoms with van der Waals surface area (Å²) >= 11 is 8.88. The van der Waals surface area contributed by atoms with Gasteiger partial charge in [-0.15, -0.1) is 46.2 Å². The van der Waals surface area contributed by atoms with Crippen LogP contribution in [0.4, 0.5) is 0 Å². The number of hydrogen-bond donors (Lipinski definition) is 1. The number of thiazole rings is 1. The average molecular weight is 818 g/mol. The number of ether oxygens (including phenoxy) is 1. The lowest BCUT2D eigenvalue weighted by Crippen LogP contribution is -2.38. The van der Waals surface area contributed by atoms with Gasteiger partial charge in [-0.05, 0) is 47.5 Å². The van der Waals surface area contributed by atoms with Gasteiger partial charge in [-0.1, -0.05) is 133 Å². The van der Waals surface area contributed by atoms with Crippen molar-refractivity contribution in [3.8, 4) is 27.4 Å². The topological polar surface area (TPSA) is 42.4 Å². The van der Waals surface area contributed by atoms with Crippen molar-refractivity contribution in [1.82, 2.24) is 4.98 Å². The number of aromatic nitrogens is 1. The molecule has 0 fully saturated rings. The third-order valence-corrected chi connectivity index (χ3v) is 16.6. The Morgan fingerprint density at radius 3 is 1.50 bits per heavy atom. The second-order valence-electron chi connectivity index (χ2n) is 14.0. The van der Waals surface area contributed by atoms with Gasteiger partial charge < -0.3 is 9.84 Å². The molecule has 56 heavy (non-hydrogen) atoms. The molecule has 8 heteroatoms. The fraction of sp³-hybridized carbons (Fsp3) is 0.104. The molecule has 3 nitrogen and oxygen atoms in total. The second-order valence-corrected chi connectivity index (χ2v) is 19.2. The number of aliphatic hydroxyl groups excluding tert-OH is 1. The van der Waals surface area contributed by atoms with E-state index in [2.05, 4.69) is 140 Å². The lowest BCUT2D eigenvalue weighted by atomic mass is 9.96. The van der Waals surface area contributed by atoms with Gasteiger partial charge in [0, 0.05) is 78.2 Å². The van der Waals surface area contributed by atoms with Crippen molar-refractivity contribution < 1.29 is 9.84 Å². The van der Waals surface area contributed by atoms with Crippen LogP contribution in [0.1, 0.15) is 0 Å². The van der Waals surface area contributed by atoms with Gasteiger partial charge in [-0.2, -0.15) is 0 Å². The van der Waals surface area contributed by atoms with Crippen LogP contribution in [-0.4, -0.2) is 34.8 Å². The van der Waals surface area contributed by atoms with Crippen molar-refractivity contribution in [3.63, 3.8) is 0 Å². The fourth-order valence-electron chi connectivity index (χ4n) is 7.40. The Morgan fingerprint density at radius 1 is 0.482 bits per heavy atom. The van der Waals surface area contributed by atoms with E-state index in [1.54, 1.807) is 34.9 Å². The Balaban J connectivity index is 0.993. The van der Waals surface area contributed by atoms with Gasteiger partial charge in [-0.25, -0.2) is 4.98 Å². The molecule has 0 aliphatic carbocycles. The zero-order valence-electron chi connectivity index (χ0n) is 30.2. The summed E-state index contributed by atoms with van der Waals surface area (Å²) in [6, 6.07) is 56.2. The number of benzene rings is 7. The highest BCUT2D eigenvalue weighted by atomic mass is 32.2. The summed E-state index contributed by atoms with van der Waals surface area (Å²) in [5.74, 6) is 1.32. The summed E-state index contributed by atoms with van der Waals surface area (Å²) in [6.07, 6.45) is 0. The predicted molar refractivity (Wildman–Crippen MR) is 246 cm³/mol. The summed E-state index contributed by atoms with van der Waals surface area (Å²) in [6.45, 7) is 0.311. The third kappa shape index (κ3) is 6.68. The van der Waals surface area contributed by atoms with Crippen molar-refractivity contribution in [2.75, 3.05) is 24.7 Å². The van der Waals surface area contributed by atoms with Crippen molar-refractivity contribution in [2.45, 2.75) is 9.79 Å². The Hall–Kier alpha value is -4.67. The average Bonchev–Trinajstić information content (AvgIpc) is 3.97. The summed E-state index contributed by atoms with van der Waals surface area (Å²) in [5.41, 5.74) is 5.25. The number of thioether (sulfide) groups is 2. The highest BCUT2D eigenvalue weighted by Gasteiger charge is 2.33. The lowest BCUT2D eigenvalue weighted by molar-refractivity contribution is 0.105. The third-order valence-electron chi connectivity index (χ3n) is 10.3. The Kier molecular flexibility index (Phi) is 9.79. The summed E-state index contributed by atoms with van der Waals surface area (Å²) in [4.78, 5) is 7.17. The number of hydrogen-bond acceptors (Lipinski definition) is 8. The normalized spacial score (nSPS) is 12.1. The fourth-order valence-corrected chi connectivity index (χ4v) is 13.3. The maximum Gasteiger partial charge on any atom is 0.274 e. The molecule has 0 atom stereocenters. The van der Waals surface area contributed by atoms with Crippen LogP contribution in [0, 0.1) is 5.41 Å². The predicted octanol–water partition coefficient (Wildman–Crippen LogP) is 14.3. The molecule has 0 unspecified atom stereocenters. The number of rotatable bonds is 12. The standard InChI is InChI=1S/C48H35NO2S5/c50-27-48(28-51-47-49-39-21-5-10-26-44(39)56-47,29-52-40-22-6-1-13-31(40)35-17-11-19-37-33-15-3-8-24-42(33)54-45(35)37)30-53-41-23-7-2-14-32(41)36-18-12-20-38-34-16-4-9-25-43(34)55-46(36)38/h1-26,50H,27-30H2. The first-order chi connectivity index (χ1) is 27.7. The van der Waals surface area contributed by atoms with Crippen LogP contribution in [-0.2, 0) is 0 Å². The Morgan fingerprint density at radius 2 is 0.946 bits per heavy atom. The quantitative estimate of drug-likeness (QED) is 0.124. The molecule has 10 aromatic rings. The van der Waals surface area contributed by atoms with Crippen LogP contribution >= 0.6 is 57.5 Å². The zero-order valence-corrected chi connectivity index (χ0v) is 34.3. The maximum absolute atomic E-state index is 11.4. The van der Waals surface area contributed by atoms with E-state index < -0.39 is 5.41 Å². The van der Waals surface area contributed by atoms with E-state index in [9.17, 15) is 5.11 Å².